The lowest BCUT2D eigenvalue weighted by Crippen LogP contribution is -2.16. The van der Waals surface area contributed by atoms with Gasteiger partial charge in [-0.05, 0) is 43.0 Å². The first-order valence-corrected chi connectivity index (χ1v) is 5.23. The number of benzene rings is 1. The van der Waals surface area contributed by atoms with Crippen molar-refractivity contribution in [1.29, 1.82) is 0 Å². The third-order valence-corrected chi connectivity index (χ3v) is 2.75. The molecule has 0 spiro atoms. The van der Waals surface area contributed by atoms with Crippen LogP contribution in [0.2, 0.25) is 0 Å². The second kappa shape index (κ2) is 4.03. The second-order valence-electron chi connectivity index (χ2n) is 4.10. The first-order chi connectivity index (χ1) is 7.16. The van der Waals surface area contributed by atoms with Crippen molar-refractivity contribution < 1.29 is 9.90 Å². The lowest BCUT2D eigenvalue weighted by Gasteiger charge is -2.07. The van der Waals surface area contributed by atoms with E-state index in [0.717, 1.165) is 12.1 Å². The maximum atomic E-state index is 10.7. The normalized spacial score (nSPS) is 15.3. The van der Waals surface area contributed by atoms with Crippen LogP contribution in [0.4, 0.5) is 0 Å². The number of aryl methyl sites for hydroxylation is 1. The van der Waals surface area contributed by atoms with E-state index in [4.69, 9.17) is 5.11 Å². The maximum Gasteiger partial charge on any atom is 0.335 e. The van der Waals surface area contributed by atoms with Gasteiger partial charge in [-0.3, -0.25) is 0 Å². The zero-order valence-corrected chi connectivity index (χ0v) is 8.79. The van der Waals surface area contributed by atoms with Gasteiger partial charge in [0.25, 0.3) is 0 Å². The molecule has 1 aliphatic rings. The van der Waals surface area contributed by atoms with Gasteiger partial charge in [-0.1, -0.05) is 6.07 Å². The maximum absolute atomic E-state index is 10.7. The number of carboxylic acids is 1. The van der Waals surface area contributed by atoms with Crippen molar-refractivity contribution in [3.05, 3.63) is 34.9 Å². The summed E-state index contributed by atoms with van der Waals surface area (Å²) in [6.07, 6.45) is 2.54. The van der Waals surface area contributed by atoms with Gasteiger partial charge in [-0.25, -0.2) is 4.79 Å². The van der Waals surface area contributed by atoms with Gasteiger partial charge in [0.05, 0.1) is 5.56 Å². The second-order valence-corrected chi connectivity index (χ2v) is 4.10. The number of carboxylic acid groups (broad SMARTS) is 1. The van der Waals surface area contributed by atoms with Crippen LogP contribution in [0.15, 0.2) is 18.2 Å². The highest BCUT2D eigenvalue weighted by Gasteiger charge is 2.20. The Kier molecular flexibility index (Phi) is 2.73. The number of nitrogens with one attached hydrogen (secondary N) is 1. The standard InChI is InChI=1S/C12H15NO2/c1-8-6-9(12(14)15)2-3-10(8)7-13-11-4-5-11/h2-3,6,11,13H,4-5,7H2,1H3,(H,14,15). The fourth-order valence-corrected chi connectivity index (χ4v) is 1.57. The van der Waals surface area contributed by atoms with Gasteiger partial charge >= 0.3 is 5.97 Å². The summed E-state index contributed by atoms with van der Waals surface area (Å²) < 4.78 is 0. The van der Waals surface area contributed by atoms with E-state index in [-0.39, 0.29) is 0 Å². The zero-order chi connectivity index (χ0) is 10.8. The molecule has 0 atom stereocenters. The average molecular weight is 205 g/mol. The van der Waals surface area contributed by atoms with Crippen molar-refractivity contribution in [3.8, 4) is 0 Å². The monoisotopic (exact) mass is 205 g/mol. The minimum Gasteiger partial charge on any atom is -0.478 e. The molecule has 2 rings (SSSR count). The molecular weight excluding hydrogens is 190 g/mol. The highest BCUT2D eigenvalue weighted by Crippen LogP contribution is 2.20. The van der Waals surface area contributed by atoms with Crippen LogP contribution in [-0.2, 0) is 6.54 Å². The van der Waals surface area contributed by atoms with E-state index in [2.05, 4.69) is 5.32 Å². The summed E-state index contributed by atoms with van der Waals surface area (Å²) in [4.78, 5) is 10.7. The van der Waals surface area contributed by atoms with Crippen LogP contribution < -0.4 is 5.32 Å². The molecule has 1 aromatic carbocycles. The molecule has 0 amide bonds. The quantitative estimate of drug-likeness (QED) is 0.789. The van der Waals surface area contributed by atoms with Gasteiger partial charge < -0.3 is 10.4 Å². The smallest absolute Gasteiger partial charge is 0.335 e. The topological polar surface area (TPSA) is 49.3 Å². The summed E-state index contributed by atoms with van der Waals surface area (Å²) in [5.41, 5.74) is 2.60. The summed E-state index contributed by atoms with van der Waals surface area (Å²) >= 11 is 0. The Bertz CT molecular complexity index is 383. The molecule has 0 bridgehead atoms. The molecule has 1 aliphatic carbocycles. The van der Waals surface area contributed by atoms with Gasteiger partial charge in [0, 0.05) is 12.6 Å². The van der Waals surface area contributed by atoms with Gasteiger partial charge in [-0.2, -0.15) is 0 Å². The number of carbonyl (C=O) groups is 1. The predicted molar refractivity (Wildman–Crippen MR) is 58.0 cm³/mol. The summed E-state index contributed by atoms with van der Waals surface area (Å²) in [5.74, 6) is -0.861. The fraction of sp³-hybridized carbons (Fsp3) is 0.417. The SMILES string of the molecule is Cc1cc(C(=O)O)ccc1CNC1CC1. The molecule has 1 aromatic rings. The Balaban J connectivity index is 2.07. The first-order valence-electron chi connectivity index (χ1n) is 5.23. The van der Waals surface area contributed by atoms with Crippen LogP contribution >= 0.6 is 0 Å². The van der Waals surface area contributed by atoms with Crippen molar-refractivity contribution in [1.82, 2.24) is 5.32 Å². The van der Waals surface area contributed by atoms with Crippen molar-refractivity contribution >= 4 is 5.97 Å². The van der Waals surface area contributed by atoms with E-state index >= 15 is 0 Å². The predicted octanol–water partition coefficient (Wildman–Crippen LogP) is 1.95. The van der Waals surface area contributed by atoms with E-state index in [1.54, 1.807) is 12.1 Å². The Labute approximate surface area is 89.1 Å². The summed E-state index contributed by atoms with van der Waals surface area (Å²) in [5, 5.41) is 12.2. The molecule has 80 valence electrons. The van der Waals surface area contributed by atoms with Crippen molar-refractivity contribution in [3.63, 3.8) is 0 Å². The molecule has 0 aliphatic heterocycles. The Morgan fingerprint density at radius 3 is 2.80 bits per heavy atom. The molecule has 0 saturated heterocycles. The van der Waals surface area contributed by atoms with E-state index < -0.39 is 5.97 Å². The van der Waals surface area contributed by atoms with Crippen LogP contribution in [0.3, 0.4) is 0 Å². The zero-order valence-electron chi connectivity index (χ0n) is 8.79. The molecule has 0 radical (unpaired) electrons. The lowest BCUT2D eigenvalue weighted by molar-refractivity contribution is 0.0697. The molecule has 1 fully saturated rings. The largest absolute Gasteiger partial charge is 0.478 e. The molecule has 15 heavy (non-hydrogen) atoms. The van der Waals surface area contributed by atoms with Gasteiger partial charge in [0.15, 0.2) is 0 Å². The molecule has 1 saturated carbocycles. The van der Waals surface area contributed by atoms with Crippen molar-refractivity contribution in [2.45, 2.75) is 32.4 Å². The number of rotatable bonds is 4. The minimum absolute atomic E-state index is 0.364. The molecule has 3 heteroatoms. The number of hydrogen-bond acceptors (Lipinski definition) is 2. The van der Waals surface area contributed by atoms with Crippen LogP contribution in [0.1, 0.15) is 34.3 Å². The minimum atomic E-state index is -0.861. The van der Waals surface area contributed by atoms with Gasteiger partial charge in [0.1, 0.15) is 0 Å². The highest BCUT2D eigenvalue weighted by atomic mass is 16.4. The summed E-state index contributed by atoms with van der Waals surface area (Å²) in [6, 6.07) is 5.98. The molecule has 3 nitrogen and oxygen atoms in total. The van der Waals surface area contributed by atoms with Crippen molar-refractivity contribution in [2.24, 2.45) is 0 Å². The van der Waals surface area contributed by atoms with E-state index in [9.17, 15) is 4.79 Å². The van der Waals surface area contributed by atoms with Crippen LogP contribution in [0, 0.1) is 6.92 Å². The highest BCUT2D eigenvalue weighted by molar-refractivity contribution is 5.87. The third kappa shape index (κ3) is 2.57. The van der Waals surface area contributed by atoms with E-state index in [1.807, 2.05) is 13.0 Å². The average Bonchev–Trinajstić information content (AvgIpc) is 2.99. The Hall–Kier alpha value is -1.35. The van der Waals surface area contributed by atoms with Crippen molar-refractivity contribution in [2.75, 3.05) is 0 Å². The molecule has 0 unspecified atom stereocenters. The molecule has 0 heterocycles. The summed E-state index contributed by atoms with van der Waals surface area (Å²) in [7, 11) is 0. The van der Waals surface area contributed by atoms with Crippen LogP contribution in [-0.4, -0.2) is 17.1 Å². The van der Waals surface area contributed by atoms with E-state index in [1.165, 1.54) is 18.4 Å². The third-order valence-electron chi connectivity index (χ3n) is 2.75. The van der Waals surface area contributed by atoms with E-state index in [0.29, 0.717) is 11.6 Å². The number of aromatic carboxylic acids is 1. The lowest BCUT2D eigenvalue weighted by atomic mass is 10.1. The first kappa shape index (κ1) is 10.2. The number of hydrogen-bond donors (Lipinski definition) is 2. The fourth-order valence-electron chi connectivity index (χ4n) is 1.57. The Morgan fingerprint density at radius 2 is 2.27 bits per heavy atom. The summed E-state index contributed by atoms with van der Waals surface area (Å²) in [6.45, 7) is 2.80. The molecule has 2 N–H and O–H groups in total. The van der Waals surface area contributed by atoms with Crippen LogP contribution in [0.5, 0.6) is 0 Å². The van der Waals surface area contributed by atoms with Gasteiger partial charge in [-0.15, -0.1) is 0 Å². The molecular formula is C12H15NO2. The van der Waals surface area contributed by atoms with Crippen LogP contribution in [0.25, 0.3) is 0 Å². The Morgan fingerprint density at radius 1 is 1.53 bits per heavy atom. The van der Waals surface area contributed by atoms with Gasteiger partial charge in [0.2, 0.25) is 0 Å². The molecule has 0 aromatic heterocycles.